The Bertz CT molecular complexity index is 545. The van der Waals surface area contributed by atoms with E-state index < -0.39 is 8.07 Å². The molecule has 2 heterocycles. The monoisotopic (exact) mass is 308 g/mol. The first-order valence-corrected chi connectivity index (χ1v) is 10.8. The molecule has 1 aliphatic heterocycles. The third-order valence-corrected chi connectivity index (χ3v) is 4.15. The lowest BCUT2D eigenvalue weighted by Gasteiger charge is -2.32. The highest BCUT2D eigenvalue weighted by Gasteiger charge is 2.18. The summed E-state index contributed by atoms with van der Waals surface area (Å²) in [7, 11) is -1.40. The molecule has 0 unspecified atom stereocenters. The third kappa shape index (κ3) is 4.24. The van der Waals surface area contributed by atoms with Gasteiger partial charge in [0.1, 0.15) is 13.8 Å². The molecular weight excluding hydrogens is 288 g/mol. The van der Waals surface area contributed by atoms with Crippen LogP contribution >= 0.6 is 11.6 Å². The fourth-order valence-electron chi connectivity index (χ4n) is 1.99. The molecule has 1 aromatic rings. The van der Waals surface area contributed by atoms with Gasteiger partial charge in [-0.2, -0.15) is 0 Å². The Morgan fingerprint density at radius 3 is 2.80 bits per heavy atom. The van der Waals surface area contributed by atoms with Crippen LogP contribution in [0.3, 0.4) is 0 Å². The highest BCUT2D eigenvalue weighted by atomic mass is 35.5. The molecule has 5 heteroatoms. The predicted molar refractivity (Wildman–Crippen MR) is 87.1 cm³/mol. The normalized spacial score (nSPS) is 19.4. The highest BCUT2D eigenvalue weighted by molar-refractivity contribution is 6.83. The lowest BCUT2D eigenvalue weighted by Crippen LogP contribution is -2.41. The highest BCUT2D eigenvalue weighted by Crippen LogP contribution is 2.23. The van der Waals surface area contributed by atoms with Crippen molar-refractivity contribution >= 4 is 25.4 Å². The molecule has 0 bridgehead atoms. The van der Waals surface area contributed by atoms with E-state index in [0.717, 1.165) is 25.4 Å². The van der Waals surface area contributed by atoms with E-state index in [4.69, 9.17) is 16.3 Å². The quantitative estimate of drug-likeness (QED) is 0.588. The van der Waals surface area contributed by atoms with Crippen LogP contribution in [-0.4, -0.2) is 38.9 Å². The van der Waals surface area contributed by atoms with Gasteiger partial charge in [0.15, 0.2) is 0 Å². The van der Waals surface area contributed by atoms with E-state index in [1.165, 1.54) is 0 Å². The summed E-state index contributed by atoms with van der Waals surface area (Å²) in [5, 5.41) is 0.632. The number of aromatic nitrogens is 1. The van der Waals surface area contributed by atoms with E-state index in [9.17, 15) is 0 Å². The van der Waals surface area contributed by atoms with Gasteiger partial charge in [-0.15, -0.1) is 5.54 Å². The first kappa shape index (κ1) is 15.4. The van der Waals surface area contributed by atoms with Crippen LogP contribution in [0.2, 0.25) is 24.7 Å². The maximum Gasteiger partial charge on any atom is 0.131 e. The van der Waals surface area contributed by atoms with E-state index in [1.54, 1.807) is 0 Å². The van der Waals surface area contributed by atoms with Crippen LogP contribution in [0.4, 0.5) is 5.69 Å². The molecule has 1 fully saturated rings. The van der Waals surface area contributed by atoms with Crippen molar-refractivity contribution < 1.29 is 4.74 Å². The van der Waals surface area contributed by atoms with Crippen molar-refractivity contribution in [3.8, 4) is 11.5 Å². The zero-order valence-electron chi connectivity index (χ0n) is 12.5. The van der Waals surface area contributed by atoms with Crippen LogP contribution in [0, 0.1) is 11.5 Å². The van der Waals surface area contributed by atoms with E-state index in [-0.39, 0.29) is 6.10 Å². The van der Waals surface area contributed by atoms with Gasteiger partial charge in [0.05, 0.1) is 29.6 Å². The molecule has 0 spiro atoms. The Balaban J connectivity index is 2.19. The van der Waals surface area contributed by atoms with Gasteiger partial charge in [0, 0.05) is 13.1 Å². The number of morpholine rings is 1. The Kier molecular flexibility index (Phi) is 4.74. The Hall–Kier alpha value is -1.02. The number of hydrogen-bond acceptors (Lipinski definition) is 3. The number of nitrogens with zero attached hydrogens (tertiary/aromatic N) is 2. The van der Waals surface area contributed by atoms with Crippen LogP contribution in [0.5, 0.6) is 0 Å². The number of ether oxygens (including phenoxy) is 1. The van der Waals surface area contributed by atoms with Gasteiger partial charge < -0.3 is 9.64 Å². The Labute approximate surface area is 127 Å². The number of pyridine rings is 1. The molecule has 20 heavy (non-hydrogen) atoms. The van der Waals surface area contributed by atoms with E-state index >= 15 is 0 Å². The van der Waals surface area contributed by atoms with Gasteiger partial charge in [-0.1, -0.05) is 37.2 Å². The third-order valence-electron chi connectivity index (χ3n) is 2.99. The maximum atomic E-state index is 6.31. The average molecular weight is 309 g/mol. The molecule has 108 valence electrons. The summed E-state index contributed by atoms with van der Waals surface area (Å²) in [6.45, 7) is 11.2. The zero-order chi connectivity index (χ0) is 14.8. The van der Waals surface area contributed by atoms with Crippen molar-refractivity contribution in [2.45, 2.75) is 32.7 Å². The zero-order valence-corrected chi connectivity index (χ0v) is 14.3. The van der Waals surface area contributed by atoms with Gasteiger partial charge in [0.2, 0.25) is 0 Å². The summed E-state index contributed by atoms with van der Waals surface area (Å²) in [5.74, 6) is 3.12. The van der Waals surface area contributed by atoms with Crippen LogP contribution in [0.1, 0.15) is 12.6 Å². The topological polar surface area (TPSA) is 25.4 Å². The second kappa shape index (κ2) is 6.17. The van der Waals surface area contributed by atoms with Crippen molar-refractivity contribution in [1.82, 2.24) is 4.98 Å². The smallest absolute Gasteiger partial charge is 0.131 e. The van der Waals surface area contributed by atoms with Crippen LogP contribution in [-0.2, 0) is 4.74 Å². The fraction of sp³-hybridized carbons (Fsp3) is 0.533. The SMILES string of the molecule is C[C@H]1CN(c2cnc(C#C[Si](C)(C)C)c(Cl)c2)CCO1. The van der Waals surface area contributed by atoms with E-state index in [1.807, 2.05) is 12.3 Å². The predicted octanol–water partition coefficient (Wildman–Crippen LogP) is 3.19. The van der Waals surface area contributed by atoms with Gasteiger partial charge in [-0.25, -0.2) is 4.98 Å². The number of anilines is 1. The molecule has 3 nitrogen and oxygen atoms in total. The van der Waals surface area contributed by atoms with Gasteiger partial charge in [-0.3, -0.25) is 0 Å². The van der Waals surface area contributed by atoms with E-state index in [2.05, 4.69) is 47.9 Å². The summed E-state index contributed by atoms with van der Waals surface area (Å²) in [4.78, 5) is 6.67. The van der Waals surface area contributed by atoms with Crippen molar-refractivity contribution in [1.29, 1.82) is 0 Å². The average Bonchev–Trinajstić information content (AvgIpc) is 2.36. The summed E-state index contributed by atoms with van der Waals surface area (Å²) < 4.78 is 5.55. The van der Waals surface area contributed by atoms with Crippen molar-refractivity contribution in [2.75, 3.05) is 24.6 Å². The van der Waals surface area contributed by atoms with E-state index in [0.29, 0.717) is 10.7 Å². The second-order valence-electron chi connectivity index (χ2n) is 6.15. The first-order chi connectivity index (χ1) is 9.35. The molecular formula is C15H21ClN2OSi. The van der Waals surface area contributed by atoms with Crippen LogP contribution in [0.25, 0.3) is 0 Å². The molecule has 0 aliphatic carbocycles. The Morgan fingerprint density at radius 2 is 2.20 bits per heavy atom. The fourth-order valence-corrected chi connectivity index (χ4v) is 2.69. The minimum Gasteiger partial charge on any atom is -0.375 e. The van der Waals surface area contributed by atoms with Gasteiger partial charge >= 0.3 is 0 Å². The first-order valence-electron chi connectivity index (χ1n) is 6.90. The summed E-state index contributed by atoms with van der Waals surface area (Å²) in [6.07, 6.45) is 2.10. The molecule has 1 atom stereocenters. The summed E-state index contributed by atoms with van der Waals surface area (Å²) >= 11 is 6.31. The van der Waals surface area contributed by atoms with Crippen molar-refractivity contribution in [3.63, 3.8) is 0 Å². The lowest BCUT2D eigenvalue weighted by atomic mass is 10.2. The second-order valence-corrected chi connectivity index (χ2v) is 11.3. The molecule has 1 saturated heterocycles. The minimum absolute atomic E-state index is 0.244. The Morgan fingerprint density at radius 1 is 1.45 bits per heavy atom. The van der Waals surface area contributed by atoms with Crippen molar-refractivity contribution in [2.24, 2.45) is 0 Å². The standard InChI is InChI=1S/C15H21ClN2OSi/c1-12-11-18(6-7-19-12)13-9-14(16)15(17-10-13)5-8-20(2,3)4/h9-10,12H,6-7,11H2,1-4H3/t12-/m0/s1. The molecule has 0 amide bonds. The summed E-state index contributed by atoms with van der Waals surface area (Å²) in [6, 6.07) is 1.96. The number of halogens is 1. The van der Waals surface area contributed by atoms with Crippen molar-refractivity contribution in [3.05, 3.63) is 23.0 Å². The molecule has 2 rings (SSSR count). The molecule has 1 aromatic heterocycles. The molecule has 0 radical (unpaired) electrons. The van der Waals surface area contributed by atoms with Crippen LogP contribution < -0.4 is 4.90 Å². The van der Waals surface area contributed by atoms with Gasteiger partial charge in [-0.05, 0) is 13.0 Å². The molecule has 0 N–H and O–H groups in total. The number of hydrogen-bond donors (Lipinski definition) is 0. The molecule has 0 aromatic carbocycles. The minimum atomic E-state index is -1.40. The van der Waals surface area contributed by atoms with Crippen LogP contribution in [0.15, 0.2) is 12.3 Å². The van der Waals surface area contributed by atoms with Gasteiger partial charge in [0.25, 0.3) is 0 Å². The summed E-state index contributed by atoms with van der Waals surface area (Å²) in [5.41, 5.74) is 5.02. The maximum absolute atomic E-state index is 6.31. The lowest BCUT2D eigenvalue weighted by molar-refractivity contribution is 0.0532. The molecule has 1 aliphatic rings. The largest absolute Gasteiger partial charge is 0.375 e. The number of rotatable bonds is 1. The molecule has 0 saturated carbocycles.